The molecule has 0 radical (unpaired) electrons. The van der Waals surface area contributed by atoms with Crippen LogP contribution in [0.2, 0.25) is 0 Å². The number of carbonyl (C=O) groups is 1. The molecule has 7 heteroatoms. The lowest BCUT2D eigenvalue weighted by molar-refractivity contribution is 0.0678. The number of sulfone groups is 1. The van der Waals surface area contributed by atoms with Crippen molar-refractivity contribution < 1.29 is 17.6 Å². The first kappa shape index (κ1) is 18.1. The summed E-state index contributed by atoms with van der Waals surface area (Å²) in [5, 5.41) is 0. The van der Waals surface area contributed by atoms with Gasteiger partial charge in [-0.1, -0.05) is 30.3 Å². The molecule has 0 aromatic heterocycles. The molecular formula is C18H17BrFNO3S. The molecule has 132 valence electrons. The second-order valence-electron chi connectivity index (χ2n) is 6.06. The van der Waals surface area contributed by atoms with E-state index in [1.807, 2.05) is 0 Å². The Kier molecular flexibility index (Phi) is 5.24. The molecule has 1 heterocycles. The minimum atomic E-state index is -3.17. The zero-order valence-electron chi connectivity index (χ0n) is 13.4. The van der Waals surface area contributed by atoms with E-state index in [-0.39, 0.29) is 24.0 Å². The lowest BCUT2D eigenvalue weighted by atomic mass is 10.1. The molecule has 1 aliphatic heterocycles. The Morgan fingerprint density at radius 3 is 2.48 bits per heavy atom. The third-order valence-corrected chi connectivity index (χ3v) is 6.75. The van der Waals surface area contributed by atoms with Crippen LogP contribution >= 0.6 is 15.9 Å². The number of halogens is 2. The minimum Gasteiger partial charge on any atom is -0.330 e. The summed E-state index contributed by atoms with van der Waals surface area (Å²) in [5.74, 6) is -0.752. The zero-order chi connectivity index (χ0) is 18.0. The topological polar surface area (TPSA) is 54.5 Å². The van der Waals surface area contributed by atoms with Crippen LogP contribution in [0.4, 0.5) is 4.39 Å². The Morgan fingerprint density at radius 2 is 1.84 bits per heavy atom. The van der Waals surface area contributed by atoms with Crippen LogP contribution in [0.5, 0.6) is 0 Å². The summed E-state index contributed by atoms with van der Waals surface area (Å²) in [6, 6.07) is 12.7. The molecule has 0 bridgehead atoms. The second-order valence-corrected chi connectivity index (χ2v) is 9.14. The van der Waals surface area contributed by atoms with Gasteiger partial charge in [-0.05, 0) is 40.5 Å². The maximum Gasteiger partial charge on any atom is 0.255 e. The fourth-order valence-electron chi connectivity index (χ4n) is 2.99. The van der Waals surface area contributed by atoms with E-state index in [0.717, 1.165) is 0 Å². The highest BCUT2D eigenvalue weighted by molar-refractivity contribution is 9.10. The zero-order valence-corrected chi connectivity index (χ0v) is 15.8. The monoisotopic (exact) mass is 425 g/mol. The van der Waals surface area contributed by atoms with E-state index in [0.29, 0.717) is 22.0 Å². The standard InChI is InChI=1S/C18H17BrFNO3S/c19-16-7-3-2-6-15(16)18(22)21(14-9-10-25(23,24)12-14)11-13-5-1-4-8-17(13)20/h1-8,14H,9-12H2/t14-/m1/s1. The summed E-state index contributed by atoms with van der Waals surface area (Å²) in [6.45, 7) is 0.0347. The Balaban J connectivity index is 1.96. The third-order valence-electron chi connectivity index (χ3n) is 4.31. The molecular weight excluding hydrogens is 409 g/mol. The van der Waals surface area contributed by atoms with E-state index < -0.39 is 21.7 Å². The molecule has 1 saturated heterocycles. The number of hydrogen-bond acceptors (Lipinski definition) is 3. The van der Waals surface area contributed by atoms with Crippen molar-refractivity contribution in [2.45, 2.75) is 19.0 Å². The molecule has 0 N–H and O–H groups in total. The fraction of sp³-hybridized carbons (Fsp3) is 0.278. The quantitative estimate of drug-likeness (QED) is 0.753. The number of amides is 1. The van der Waals surface area contributed by atoms with E-state index in [2.05, 4.69) is 15.9 Å². The number of hydrogen-bond donors (Lipinski definition) is 0. The van der Waals surface area contributed by atoms with Crippen LogP contribution in [0.1, 0.15) is 22.3 Å². The summed E-state index contributed by atoms with van der Waals surface area (Å²) < 4.78 is 38.4. The van der Waals surface area contributed by atoms with E-state index in [1.54, 1.807) is 42.5 Å². The maximum absolute atomic E-state index is 14.1. The van der Waals surface area contributed by atoms with Gasteiger partial charge in [-0.25, -0.2) is 12.8 Å². The van der Waals surface area contributed by atoms with Crippen LogP contribution in [0.3, 0.4) is 0 Å². The number of carbonyl (C=O) groups excluding carboxylic acids is 1. The van der Waals surface area contributed by atoms with Gasteiger partial charge in [0.1, 0.15) is 5.82 Å². The average molecular weight is 426 g/mol. The second kappa shape index (κ2) is 7.25. The first-order chi connectivity index (χ1) is 11.9. The lowest BCUT2D eigenvalue weighted by Crippen LogP contribution is -2.41. The van der Waals surface area contributed by atoms with Crippen LogP contribution < -0.4 is 0 Å². The van der Waals surface area contributed by atoms with Crippen LogP contribution in [0.15, 0.2) is 53.0 Å². The minimum absolute atomic E-state index is 0.0347. The summed E-state index contributed by atoms with van der Waals surface area (Å²) in [4.78, 5) is 14.5. The van der Waals surface area contributed by atoms with Gasteiger partial charge in [0.15, 0.2) is 9.84 Å². The van der Waals surface area contributed by atoms with Crippen molar-refractivity contribution in [3.05, 3.63) is 69.9 Å². The first-order valence-electron chi connectivity index (χ1n) is 7.87. The molecule has 1 atom stereocenters. The van der Waals surface area contributed by atoms with Crippen LogP contribution in [-0.4, -0.2) is 36.8 Å². The smallest absolute Gasteiger partial charge is 0.255 e. The highest BCUT2D eigenvalue weighted by Gasteiger charge is 2.35. The van der Waals surface area contributed by atoms with E-state index in [9.17, 15) is 17.6 Å². The van der Waals surface area contributed by atoms with Crippen molar-refractivity contribution in [3.8, 4) is 0 Å². The summed E-state index contributed by atoms with van der Waals surface area (Å²) in [7, 11) is -3.17. The highest BCUT2D eigenvalue weighted by atomic mass is 79.9. The van der Waals surface area contributed by atoms with Crippen molar-refractivity contribution in [2.24, 2.45) is 0 Å². The lowest BCUT2D eigenvalue weighted by Gasteiger charge is -2.29. The Hall–Kier alpha value is -1.73. The third kappa shape index (κ3) is 4.10. The van der Waals surface area contributed by atoms with Gasteiger partial charge in [0.2, 0.25) is 0 Å². The van der Waals surface area contributed by atoms with Crippen LogP contribution in [0.25, 0.3) is 0 Å². The molecule has 3 rings (SSSR count). The molecule has 25 heavy (non-hydrogen) atoms. The molecule has 0 unspecified atom stereocenters. The van der Waals surface area contributed by atoms with Gasteiger partial charge >= 0.3 is 0 Å². The number of nitrogens with zero attached hydrogens (tertiary/aromatic N) is 1. The predicted molar refractivity (Wildman–Crippen MR) is 97.5 cm³/mol. The molecule has 0 spiro atoms. The normalized spacial score (nSPS) is 18.9. The first-order valence-corrected chi connectivity index (χ1v) is 10.5. The molecule has 1 fully saturated rings. The molecule has 0 saturated carbocycles. The van der Waals surface area contributed by atoms with Crippen molar-refractivity contribution in [1.29, 1.82) is 0 Å². The molecule has 0 aliphatic carbocycles. The van der Waals surface area contributed by atoms with E-state index in [1.165, 1.54) is 11.0 Å². The van der Waals surface area contributed by atoms with Gasteiger partial charge in [0, 0.05) is 22.6 Å². The largest absolute Gasteiger partial charge is 0.330 e. The van der Waals surface area contributed by atoms with Gasteiger partial charge in [0.25, 0.3) is 5.91 Å². The maximum atomic E-state index is 14.1. The Morgan fingerprint density at radius 1 is 1.16 bits per heavy atom. The molecule has 2 aromatic carbocycles. The van der Waals surface area contributed by atoms with Gasteiger partial charge < -0.3 is 4.90 Å². The highest BCUT2D eigenvalue weighted by Crippen LogP contribution is 2.25. The van der Waals surface area contributed by atoms with Gasteiger partial charge in [-0.15, -0.1) is 0 Å². The van der Waals surface area contributed by atoms with Crippen LogP contribution in [0, 0.1) is 5.82 Å². The van der Waals surface area contributed by atoms with E-state index in [4.69, 9.17) is 0 Å². The number of rotatable bonds is 4. The fourth-order valence-corrected chi connectivity index (χ4v) is 5.17. The Labute approximate surface area is 154 Å². The molecule has 1 amide bonds. The summed E-state index contributed by atoms with van der Waals surface area (Å²) in [6.07, 6.45) is 0.368. The predicted octanol–water partition coefficient (Wildman–Crippen LogP) is 3.42. The Bertz CT molecular complexity index is 901. The van der Waals surface area contributed by atoms with E-state index >= 15 is 0 Å². The van der Waals surface area contributed by atoms with Crippen molar-refractivity contribution in [1.82, 2.24) is 4.90 Å². The van der Waals surface area contributed by atoms with Gasteiger partial charge in [-0.3, -0.25) is 4.79 Å². The summed E-state index contributed by atoms with van der Waals surface area (Å²) in [5.41, 5.74) is 0.801. The van der Waals surface area contributed by atoms with Gasteiger partial charge in [-0.2, -0.15) is 0 Å². The average Bonchev–Trinajstić information content (AvgIpc) is 2.94. The molecule has 4 nitrogen and oxygen atoms in total. The molecule has 2 aromatic rings. The number of benzene rings is 2. The molecule has 1 aliphatic rings. The van der Waals surface area contributed by atoms with Crippen molar-refractivity contribution >= 4 is 31.7 Å². The summed E-state index contributed by atoms with van der Waals surface area (Å²) >= 11 is 3.36. The van der Waals surface area contributed by atoms with Crippen molar-refractivity contribution in [3.63, 3.8) is 0 Å². The van der Waals surface area contributed by atoms with Crippen LogP contribution in [-0.2, 0) is 16.4 Å². The van der Waals surface area contributed by atoms with Crippen molar-refractivity contribution in [2.75, 3.05) is 11.5 Å². The van der Waals surface area contributed by atoms with Gasteiger partial charge in [0.05, 0.1) is 17.1 Å². The SMILES string of the molecule is O=C(c1ccccc1Br)N(Cc1ccccc1F)[C@@H]1CCS(=O)(=O)C1.